The molecule has 140 valence electrons. The standard InChI is InChI=1S/C20H21F2N5/c1-13-2-4-14(5-3-13)16-10-17-18(25-9-8-24-17)19(27-16)26-12-15-11-23-7-6-20(15,21)22/h2-5,8-10,15,23H,6-7,11-12H2,1H3,(H,26,27)/t15-/m0/s1. The third kappa shape index (κ3) is 3.73. The molecular formula is C20H21F2N5. The molecule has 0 unspecified atom stereocenters. The quantitative estimate of drug-likeness (QED) is 0.735. The summed E-state index contributed by atoms with van der Waals surface area (Å²) in [4.78, 5) is 13.4. The molecule has 0 aliphatic carbocycles. The summed E-state index contributed by atoms with van der Waals surface area (Å²) in [5.41, 5.74) is 4.10. The largest absolute Gasteiger partial charge is 0.368 e. The molecule has 3 aromatic rings. The van der Waals surface area contributed by atoms with Crippen molar-refractivity contribution in [3.63, 3.8) is 0 Å². The Morgan fingerprint density at radius 2 is 1.96 bits per heavy atom. The van der Waals surface area contributed by atoms with E-state index in [-0.39, 0.29) is 19.5 Å². The number of nitrogens with one attached hydrogen (secondary N) is 2. The lowest BCUT2D eigenvalue weighted by Gasteiger charge is -2.32. The van der Waals surface area contributed by atoms with Crippen LogP contribution >= 0.6 is 0 Å². The second-order valence-electron chi connectivity index (χ2n) is 6.94. The summed E-state index contributed by atoms with van der Waals surface area (Å²) >= 11 is 0. The number of hydrogen-bond donors (Lipinski definition) is 2. The molecule has 27 heavy (non-hydrogen) atoms. The molecule has 0 bridgehead atoms. The van der Waals surface area contributed by atoms with Crippen LogP contribution < -0.4 is 10.6 Å². The van der Waals surface area contributed by atoms with Gasteiger partial charge in [0, 0.05) is 44.0 Å². The molecule has 0 spiro atoms. The zero-order valence-electron chi connectivity index (χ0n) is 15.0. The average Bonchev–Trinajstić information content (AvgIpc) is 2.67. The van der Waals surface area contributed by atoms with Gasteiger partial charge in [-0.1, -0.05) is 29.8 Å². The third-order valence-corrected chi connectivity index (χ3v) is 4.94. The lowest BCUT2D eigenvalue weighted by molar-refractivity contribution is -0.0728. The van der Waals surface area contributed by atoms with E-state index in [4.69, 9.17) is 0 Å². The van der Waals surface area contributed by atoms with Gasteiger partial charge in [0.25, 0.3) is 5.92 Å². The number of anilines is 1. The lowest BCUT2D eigenvalue weighted by Crippen LogP contribution is -2.47. The Bertz CT molecular complexity index is 943. The Balaban J connectivity index is 1.67. The number of alkyl halides is 2. The Labute approximate surface area is 156 Å². The van der Waals surface area contributed by atoms with Crippen molar-refractivity contribution in [2.75, 3.05) is 25.0 Å². The summed E-state index contributed by atoms with van der Waals surface area (Å²) < 4.78 is 28.3. The van der Waals surface area contributed by atoms with Crippen molar-refractivity contribution < 1.29 is 8.78 Å². The van der Waals surface area contributed by atoms with Crippen LogP contribution in [0.4, 0.5) is 14.6 Å². The number of pyridine rings is 1. The Kier molecular flexibility index (Phi) is 4.70. The summed E-state index contributed by atoms with van der Waals surface area (Å²) in [6.45, 7) is 2.77. The fourth-order valence-electron chi connectivity index (χ4n) is 3.29. The van der Waals surface area contributed by atoms with E-state index < -0.39 is 11.8 Å². The van der Waals surface area contributed by atoms with Crippen LogP contribution in [0.25, 0.3) is 22.3 Å². The summed E-state index contributed by atoms with van der Waals surface area (Å²) in [5, 5.41) is 6.14. The van der Waals surface area contributed by atoms with Crippen molar-refractivity contribution in [2.24, 2.45) is 5.92 Å². The maximum absolute atomic E-state index is 14.1. The van der Waals surface area contributed by atoms with E-state index in [1.54, 1.807) is 12.4 Å². The molecule has 0 amide bonds. The maximum atomic E-state index is 14.1. The molecule has 1 aromatic carbocycles. The number of aromatic nitrogens is 3. The van der Waals surface area contributed by atoms with Crippen molar-refractivity contribution in [3.8, 4) is 11.3 Å². The minimum atomic E-state index is -2.69. The Hall–Kier alpha value is -2.67. The summed E-state index contributed by atoms with van der Waals surface area (Å²) in [6.07, 6.45) is 3.05. The first-order valence-corrected chi connectivity index (χ1v) is 9.04. The molecule has 1 saturated heterocycles. The van der Waals surface area contributed by atoms with Crippen LogP contribution in [0.3, 0.4) is 0 Å². The van der Waals surface area contributed by atoms with Crippen LogP contribution in [0.1, 0.15) is 12.0 Å². The maximum Gasteiger partial charge on any atom is 0.255 e. The first-order chi connectivity index (χ1) is 13.0. The monoisotopic (exact) mass is 369 g/mol. The molecule has 7 heteroatoms. The minimum Gasteiger partial charge on any atom is -0.368 e. The van der Waals surface area contributed by atoms with Crippen LogP contribution in [-0.4, -0.2) is 40.5 Å². The van der Waals surface area contributed by atoms with Gasteiger partial charge in [0.15, 0.2) is 5.82 Å². The molecule has 1 atom stereocenters. The Morgan fingerprint density at radius 3 is 2.74 bits per heavy atom. The number of nitrogens with zero attached hydrogens (tertiary/aromatic N) is 3. The lowest BCUT2D eigenvalue weighted by atomic mass is 9.95. The van der Waals surface area contributed by atoms with E-state index in [0.29, 0.717) is 23.4 Å². The number of halogens is 2. The van der Waals surface area contributed by atoms with Crippen LogP contribution in [0.15, 0.2) is 42.7 Å². The smallest absolute Gasteiger partial charge is 0.255 e. The van der Waals surface area contributed by atoms with Gasteiger partial charge < -0.3 is 10.6 Å². The van der Waals surface area contributed by atoms with Gasteiger partial charge in [-0.15, -0.1) is 0 Å². The highest BCUT2D eigenvalue weighted by atomic mass is 19.3. The van der Waals surface area contributed by atoms with Crippen molar-refractivity contribution in [2.45, 2.75) is 19.3 Å². The fourth-order valence-corrected chi connectivity index (χ4v) is 3.29. The predicted molar refractivity (Wildman–Crippen MR) is 102 cm³/mol. The highest BCUT2D eigenvalue weighted by molar-refractivity contribution is 5.88. The highest BCUT2D eigenvalue weighted by Crippen LogP contribution is 2.31. The fraction of sp³-hybridized carbons (Fsp3) is 0.350. The van der Waals surface area contributed by atoms with Crippen LogP contribution in [0.2, 0.25) is 0 Å². The molecule has 1 aliphatic heterocycles. The number of piperidine rings is 1. The molecule has 0 radical (unpaired) electrons. The van der Waals surface area contributed by atoms with Gasteiger partial charge >= 0.3 is 0 Å². The first kappa shape index (κ1) is 17.7. The van der Waals surface area contributed by atoms with Crippen LogP contribution in [-0.2, 0) is 0 Å². The first-order valence-electron chi connectivity index (χ1n) is 9.04. The van der Waals surface area contributed by atoms with E-state index >= 15 is 0 Å². The van der Waals surface area contributed by atoms with E-state index in [1.807, 2.05) is 37.3 Å². The van der Waals surface area contributed by atoms with E-state index in [2.05, 4.69) is 25.6 Å². The van der Waals surface area contributed by atoms with Gasteiger partial charge in [-0.2, -0.15) is 0 Å². The predicted octanol–water partition coefficient (Wildman–Crippen LogP) is 3.66. The zero-order valence-corrected chi connectivity index (χ0v) is 15.0. The Morgan fingerprint density at radius 1 is 1.19 bits per heavy atom. The number of rotatable bonds is 4. The topological polar surface area (TPSA) is 62.7 Å². The number of benzene rings is 1. The summed E-state index contributed by atoms with van der Waals surface area (Å²) in [5.74, 6) is -2.99. The zero-order chi connectivity index (χ0) is 18.9. The van der Waals surface area contributed by atoms with Crippen molar-refractivity contribution in [1.82, 2.24) is 20.3 Å². The summed E-state index contributed by atoms with van der Waals surface area (Å²) in [7, 11) is 0. The van der Waals surface area contributed by atoms with Gasteiger partial charge in [-0.3, -0.25) is 4.98 Å². The molecule has 4 rings (SSSR count). The molecule has 5 nitrogen and oxygen atoms in total. The van der Waals surface area contributed by atoms with Gasteiger partial charge in [0.05, 0.1) is 17.1 Å². The van der Waals surface area contributed by atoms with E-state index in [9.17, 15) is 8.78 Å². The van der Waals surface area contributed by atoms with Gasteiger partial charge in [-0.25, -0.2) is 18.7 Å². The SMILES string of the molecule is Cc1ccc(-c2cc3nccnc3c(NC[C@@H]3CNCCC3(F)F)n2)cc1. The molecular weight excluding hydrogens is 348 g/mol. The molecule has 1 aliphatic rings. The van der Waals surface area contributed by atoms with Crippen LogP contribution in [0, 0.1) is 12.8 Å². The number of aryl methyl sites for hydroxylation is 1. The highest BCUT2D eigenvalue weighted by Gasteiger charge is 2.41. The summed E-state index contributed by atoms with van der Waals surface area (Å²) in [6, 6.07) is 9.87. The van der Waals surface area contributed by atoms with Crippen molar-refractivity contribution in [3.05, 3.63) is 48.3 Å². The molecule has 3 heterocycles. The molecule has 2 N–H and O–H groups in total. The number of fused-ring (bicyclic) bond motifs is 1. The van der Waals surface area contributed by atoms with Crippen LogP contribution in [0.5, 0.6) is 0 Å². The van der Waals surface area contributed by atoms with Crippen molar-refractivity contribution >= 4 is 16.9 Å². The second kappa shape index (κ2) is 7.15. The van der Waals surface area contributed by atoms with E-state index in [0.717, 1.165) is 16.8 Å². The average molecular weight is 369 g/mol. The molecule has 1 fully saturated rings. The normalized spacial score (nSPS) is 19.1. The molecule has 0 saturated carbocycles. The minimum absolute atomic E-state index is 0.121. The third-order valence-electron chi connectivity index (χ3n) is 4.94. The van der Waals surface area contributed by atoms with Crippen molar-refractivity contribution in [1.29, 1.82) is 0 Å². The van der Waals surface area contributed by atoms with Gasteiger partial charge in [0.1, 0.15) is 5.52 Å². The van der Waals surface area contributed by atoms with Gasteiger partial charge in [-0.05, 0) is 13.0 Å². The second-order valence-corrected chi connectivity index (χ2v) is 6.94. The molecule has 2 aromatic heterocycles. The van der Waals surface area contributed by atoms with E-state index in [1.165, 1.54) is 0 Å². The van der Waals surface area contributed by atoms with Gasteiger partial charge in [0.2, 0.25) is 0 Å². The number of hydrogen-bond acceptors (Lipinski definition) is 5.